The van der Waals surface area contributed by atoms with Crippen LogP contribution in [-0.4, -0.2) is 24.6 Å². The van der Waals surface area contributed by atoms with Crippen LogP contribution in [0.4, 0.5) is 0 Å². The Hall–Kier alpha value is -2.82. The van der Waals surface area contributed by atoms with Crippen LogP contribution in [0.3, 0.4) is 0 Å². The molecule has 1 amide bonds. The van der Waals surface area contributed by atoms with Crippen molar-refractivity contribution in [1.29, 1.82) is 0 Å². The molecule has 0 unspecified atom stereocenters. The lowest BCUT2D eigenvalue weighted by Gasteiger charge is -2.27. The first kappa shape index (κ1) is 19.0. The average molecular weight is 367 g/mol. The van der Waals surface area contributed by atoms with Crippen molar-refractivity contribution < 1.29 is 19.1 Å². The molecular formula is C22H25NO4. The number of benzene rings is 2. The molecule has 3 rings (SSSR count). The summed E-state index contributed by atoms with van der Waals surface area (Å²) >= 11 is 0. The number of nitrogens with one attached hydrogen (secondary N) is 1. The van der Waals surface area contributed by atoms with Gasteiger partial charge >= 0.3 is 5.97 Å². The summed E-state index contributed by atoms with van der Waals surface area (Å²) in [6.45, 7) is 3.82. The zero-order valence-corrected chi connectivity index (χ0v) is 15.7. The van der Waals surface area contributed by atoms with Crippen molar-refractivity contribution in [2.75, 3.05) is 6.61 Å². The highest BCUT2D eigenvalue weighted by molar-refractivity contribution is 5.89. The fraction of sp³-hybridized carbons (Fsp3) is 0.364. The lowest BCUT2D eigenvalue weighted by Crippen LogP contribution is -2.39. The van der Waals surface area contributed by atoms with Crippen molar-refractivity contribution in [2.24, 2.45) is 0 Å². The van der Waals surface area contributed by atoms with Crippen LogP contribution >= 0.6 is 0 Å². The summed E-state index contributed by atoms with van der Waals surface area (Å²) in [5.41, 5.74) is 2.96. The molecule has 0 saturated heterocycles. The fourth-order valence-corrected chi connectivity index (χ4v) is 3.33. The first-order chi connectivity index (χ1) is 13.1. The number of carbonyl (C=O) groups excluding carboxylic acids is 2. The molecule has 0 heterocycles. The van der Waals surface area contributed by atoms with Gasteiger partial charge in [-0.15, -0.1) is 0 Å². The lowest BCUT2D eigenvalue weighted by atomic mass is 9.87. The van der Waals surface area contributed by atoms with Gasteiger partial charge in [-0.3, -0.25) is 4.79 Å². The van der Waals surface area contributed by atoms with Gasteiger partial charge in [0.2, 0.25) is 0 Å². The van der Waals surface area contributed by atoms with E-state index in [2.05, 4.69) is 17.4 Å². The minimum atomic E-state index is -0.632. The highest BCUT2D eigenvalue weighted by Crippen LogP contribution is 2.29. The van der Waals surface area contributed by atoms with Gasteiger partial charge in [0.05, 0.1) is 18.2 Å². The normalized spacial score (nSPS) is 16.7. The van der Waals surface area contributed by atoms with Crippen molar-refractivity contribution in [3.63, 3.8) is 0 Å². The van der Waals surface area contributed by atoms with E-state index in [9.17, 15) is 9.59 Å². The number of aryl methyl sites for hydroxylation is 1. The Bertz CT molecular complexity index is 800. The summed E-state index contributed by atoms with van der Waals surface area (Å²) in [6, 6.07) is 14.9. The van der Waals surface area contributed by atoms with Crippen LogP contribution in [0.25, 0.3) is 0 Å². The quantitative estimate of drug-likeness (QED) is 0.788. The molecule has 0 aliphatic heterocycles. The Morgan fingerprint density at radius 2 is 1.89 bits per heavy atom. The van der Waals surface area contributed by atoms with E-state index >= 15 is 0 Å². The van der Waals surface area contributed by atoms with Gasteiger partial charge in [0.15, 0.2) is 6.10 Å². The van der Waals surface area contributed by atoms with Crippen LogP contribution in [0.15, 0.2) is 48.5 Å². The van der Waals surface area contributed by atoms with Crippen molar-refractivity contribution >= 4 is 11.9 Å². The number of rotatable bonds is 6. The van der Waals surface area contributed by atoms with Gasteiger partial charge < -0.3 is 14.8 Å². The van der Waals surface area contributed by atoms with Crippen LogP contribution in [0.5, 0.6) is 5.75 Å². The van der Waals surface area contributed by atoms with Crippen LogP contribution in [0.1, 0.15) is 54.2 Å². The Morgan fingerprint density at radius 3 is 2.63 bits per heavy atom. The Kier molecular flexibility index (Phi) is 6.12. The molecular weight excluding hydrogens is 342 g/mol. The Labute approximate surface area is 159 Å². The Balaban J connectivity index is 1.59. The molecule has 2 aromatic rings. The first-order valence-electron chi connectivity index (χ1n) is 9.40. The number of fused-ring (bicyclic) bond motifs is 1. The summed E-state index contributed by atoms with van der Waals surface area (Å²) in [7, 11) is 0. The minimum absolute atomic E-state index is 0.0275. The summed E-state index contributed by atoms with van der Waals surface area (Å²) in [6.07, 6.45) is 2.42. The van der Waals surface area contributed by atoms with E-state index in [1.165, 1.54) is 11.1 Å². The molecule has 5 heteroatoms. The van der Waals surface area contributed by atoms with Crippen molar-refractivity contribution in [1.82, 2.24) is 5.32 Å². The molecule has 0 spiro atoms. The van der Waals surface area contributed by atoms with Crippen LogP contribution < -0.4 is 10.1 Å². The molecule has 0 saturated carbocycles. The fourth-order valence-electron chi connectivity index (χ4n) is 3.33. The topological polar surface area (TPSA) is 64.6 Å². The average Bonchev–Trinajstić information content (AvgIpc) is 2.69. The van der Waals surface area contributed by atoms with E-state index in [1.54, 1.807) is 38.1 Å². The third kappa shape index (κ3) is 4.67. The van der Waals surface area contributed by atoms with Gasteiger partial charge in [0.1, 0.15) is 5.75 Å². The second kappa shape index (κ2) is 8.71. The SMILES string of the molecule is CCOC(=O)c1ccc(O[C@H](C)C(=O)N[C@H]2CCCc3ccccc32)cc1. The van der Waals surface area contributed by atoms with Crippen molar-refractivity contribution in [3.8, 4) is 5.75 Å². The number of ether oxygens (including phenoxy) is 2. The zero-order chi connectivity index (χ0) is 19.2. The molecule has 27 heavy (non-hydrogen) atoms. The highest BCUT2D eigenvalue weighted by atomic mass is 16.5. The van der Waals surface area contributed by atoms with Gasteiger partial charge in [0, 0.05) is 0 Å². The van der Waals surface area contributed by atoms with Gasteiger partial charge in [0.25, 0.3) is 5.91 Å². The third-order valence-corrected chi connectivity index (χ3v) is 4.73. The van der Waals surface area contributed by atoms with Gasteiger partial charge in [-0.2, -0.15) is 0 Å². The lowest BCUT2D eigenvalue weighted by molar-refractivity contribution is -0.128. The molecule has 142 valence electrons. The van der Waals surface area contributed by atoms with Crippen LogP contribution in [0.2, 0.25) is 0 Å². The monoisotopic (exact) mass is 367 g/mol. The predicted octanol–water partition coefficient (Wildman–Crippen LogP) is 3.82. The number of hydrogen-bond acceptors (Lipinski definition) is 4. The maximum Gasteiger partial charge on any atom is 0.338 e. The van der Waals surface area contributed by atoms with E-state index in [0.717, 1.165) is 19.3 Å². The highest BCUT2D eigenvalue weighted by Gasteiger charge is 2.24. The van der Waals surface area contributed by atoms with E-state index in [4.69, 9.17) is 9.47 Å². The summed E-state index contributed by atoms with van der Waals surface area (Å²) in [5, 5.41) is 3.10. The first-order valence-corrected chi connectivity index (χ1v) is 9.40. The van der Waals surface area contributed by atoms with Crippen molar-refractivity contribution in [3.05, 3.63) is 65.2 Å². The molecule has 2 aromatic carbocycles. The van der Waals surface area contributed by atoms with Crippen LogP contribution in [-0.2, 0) is 16.0 Å². The van der Waals surface area contributed by atoms with Crippen LogP contribution in [0, 0.1) is 0 Å². The van der Waals surface area contributed by atoms with Gasteiger partial charge in [-0.1, -0.05) is 24.3 Å². The minimum Gasteiger partial charge on any atom is -0.481 e. The maximum atomic E-state index is 12.6. The number of esters is 1. The van der Waals surface area contributed by atoms with Gasteiger partial charge in [-0.05, 0) is 68.5 Å². The molecule has 0 radical (unpaired) electrons. The summed E-state index contributed by atoms with van der Waals surface area (Å²) in [4.78, 5) is 24.3. The summed E-state index contributed by atoms with van der Waals surface area (Å²) in [5.74, 6) is 0.0201. The standard InChI is InChI=1S/C22H25NO4/c1-3-26-22(25)17-11-13-18(14-12-17)27-15(2)21(24)23-20-10-6-8-16-7-4-5-9-19(16)20/h4-5,7,9,11-15,20H,3,6,8,10H2,1-2H3,(H,23,24)/t15-,20+/m1/s1. The van der Waals surface area contributed by atoms with E-state index < -0.39 is 6.10 Å². The molecule has 0 fully saturated rings. The van der Waals surface area contributed by atoms with E-state index in [1.807, 2.05) is 12.1 Å². The maximum absolute atomic E-state index is 12.6. The number of amides is 1. The van der Waals surface area contributed by atoms with Gasteiger partial charge in [-0.25, -0.2) is 4.79 Å². The molecule has 0 aromatic heterocycles. The molecule has 0 bridgehead atoms. The number of carbonyl (C=O) groups is 2. The smallest absolute Gasteiger partial charge is 0.338 e. The van der Waals surface area contributed by atoms with E-state index in [0.29, 0.717) is 17.9 Å². The largest absolute Gasteiger partial charge is 0.481 e. The zero-order valence-electron chi connectivity index (χ0n) is 15.7. The molecule has 1 aliphatic carbocycles. The third-order valence-electron chi connectivity index (χ3n) is 4.73. The molecule has 5 nitrogen and oxygen atoms in total. The second-order valence-electron chi connectivity index (χ2n) is 6.66. The molecule has 1 aliphatic rings. The Morgan fingerprint density at radius 1 is 1.15 bits per heavy atom. The van der Waals surface area contributed by atoms with E-state index in [-0.39, 0.29) is 17.9 Å². The molecule has 2 atom stereocenters. The number of hydrogen-bond donors (Lipinski definition) is 1. The second-order valence-corrected chi connectivity index (χ2v) is 6.66. The predicted molar refractivity (Wildman–Crippen MR) is 103 cm³/mol. The molecule has 1 N–H and O–H groups in total. The summed E-state index contributed by atoms with van der Waals surface area (Å²) < 4.78 is 10.7. The van der Waals surface area contributed by atoms with Crippen molar-refractivity contribution in [2.45, 2.75) is 45.3 Å².